The smallest absolute Gasteiger partial charge is 0.234 e. The van der Waals surface area contributed by atoms with Gasteiger partial charge in [-0.05, 0) is 31.4 Å². The molecule has 0 N–H and O–H groups in total. The van der Waals surface area contributed by atoms with Crippen LogP contribution in [0.1, 0.15) is 77.5 Å². The van der Waals surface area contributed by atoms with Crippen molar-refractivity contribution in [3.8, 4) is 5.69 Å². The van der Waals surface area contributed by atoms with E-state index in [1.165, 1.54) is 75.7 Å². The molecule has 0 saturated carbocycles. The maximum absolute atomic E-state index is 2.49. The Kier molecular flexibility index (Phi) is 8.65. The average Bonchev–Trinajstić information content (AvgIpc) is 3.02. The van der Waals surface area contributed by atoms with Crippen LogP contribution in [0.15, 0.2) is 42.7 Å². The molecule has 0 amide bonds. The first-order valence-electron chi connectivity index (χ1n) is 10.0. The lowest BCUT2D eigenvalue weighted by molar-refractivity contribution is -0.704. The van der Waals surface area contributed by atoms with Crippen LogP contribution in [0.3, 0.4) is 0 Å². The maximum atomic E-state index is 2.49. The summed E-state index contributed by atoms with van der Waals surface area (Å²) in [4.78, 5) is 0. The Morgan fingerprint density at radius 3 is 2.21 bits per heavy atom. The van der Waals surface area contributed by atoms with Crippen LogP contribution in [-0.2, 0) is 13.0 Å². The van der Waals surface area contributed by atoms with Gasteiger partial charge in [0.15, 0.2) is 0 Å². The van der Waals surface area contributed by atoms with E-state index in [0.29, 0.717) is 0 Å². The van der Waals surface area contributed by atoms with Gasteiger partial charge in [0, 0.05) is 6.42 Å². The van der Waals surface area contributed by atoms with E-state index < -0.39 is 0 Å². The number of benzene rings is 1. The van der Waals surface area contributed by atoms with Crippen molar-refractivity contribution in [2.24, 2.45) is 0 Å². The second kappa shape index (κ2) is 11.1. The van der Waals surface area contributed by atoms with E-state index in [1.54, 1.807) is 0 Å². The van der Waals surface area contributed by atoms with Gasteiger partial charge in [-0.15, -0.1) is 0 Å². The molecule has 0 aliphatic heterocycles. The van der Waals surface area contributed by atoms with Crippen LogP contribution in [0.2, 0.25) is 0 Å². The molecule has 0 atom stereocenters. The molecule has 1 aromatic carbocycles. The molecule has 1 heterocycles. The zero-order chi connectivity index (χ0) is 17.0. The third kappa shape index (κ3) is 5.81. The molecular formula is C22H35N2+. The molecule has 0 radical (unpaired) electrons. The van der Waals surface area contributed by atoms with E-state index in [0.717, 1.165) is 6.54 Å². The summed E-state index contributed by atoms with van der Waals surface area (Å²) in [5, 5.41) is 0. The molecule has 24 heavy (non-hydrogen) atoms. The quantitative estimate of drug-likeness (QED) is 0.341. The SMILES string of the molecule is CCCCCCCC[n+]1ccn(-c2ccccc2)c1CCCCC. The largest absolute Gasteiger partial charge is 0.261 e. The number of hydrogen-bond acceptors (Lipinski definition) is 0. The molecule has 0 aliphatic carbocycles. The number of rotatable bonds is 12. The van der Waals surface area contributed by atoms with Crippen LogP contribution in [0, 0.1) is 0 Å². The lowest BCUT2D eigenvalue weighted by Crippen LogP contribution is -2.37. The van der Waals surface area contributed by atoms with Gasteiger partial charge >= 0.3 is 0 Å². The van der Waals surface area contributed by atoms with Gasteiger partial charge in [-0.25, -0.2) is 4.57 Å². The zero-order valence-electron chi connectivity index (χ0n) is 15.7. The van der Waals surface area contributed by atoms with Crippen LogP contribution < -0.4 is 4.57 Å². The van der Waals surface area contributed by atoms with Crippen molar-refractivity contribution in [1.82, 2.24) is 4.57 Å². The van der Waals surface area contributed by atoms with Gasteiger partial charge in [-0.2, -0.15) is 4.57 Å². The molecule has 0 bridgehead atoms. The lowest BCUT2D eigenvalue weighted by atomic mass is 10.1. The Morgan fingerprint density at radius 1 is 0.792 bits per heavy atom. The fourth-order valence-corrected chi connectivity index (χ4v) is 3.34. The molecule has 0 aliphatic rings. The molecule has 2 aromatic rings. The maximum Gasteiger partial charge on any atom is 0.261 e. The molecular weight excluding hydrogens is 292 g/mol. The van der Waals surface area contributed by atoms with Gasteiger partial charge in [-0.3, -0.25) is 0 Å². The fraction of sp³-hybridized carbons (Fsp3) is 0.591. The summed E-state index contributed by atoms with van der Waals surface area (Å²) in [6.45, 7) is 5.72. The van der Waals surface area contributed by atoms with Crippen LogP contribution in [0.25, 0.3) is 5.69 Å². The highest BCUT2D eigenvalue weighted by atomic mass is 15.1. The predicted molar refractivity (Wildman–Crippen MR) is 103 cm³/mol. The van der Waals surface area contributed by atoms with Gasteiger partial charge in [-0.1, -0.05) is 70.6 Å². The van der Waals surface area contributed by atoms with Gasteiger partial charge in [0.2, 0.25) is 0 Å². The third-order valence-electron chi connectivity index (χ3n) is 4.80. The highest BCUT2D eigenvalue weighted by Gasteiger charge is 2.17. The fourth-order valence-electron chi connectivity index (χ4n) is 3.34. The first kappa shape index (κ1) is 18.8. The van der Waals surface area contributed by atoms with Crippen molar-refractivity contribution in [2.45, 2.75) is 84.6 Å². The van der Waals surface area contributed by atoms with Crippen LogP contribution in [-0.4, -0.2) is 4.57 Å². The van der Waals surface area contributed by atoms with Gasteiger partial charge in [0.25, 0.3) is 5.82 Å². The van der Waals surface area contributed by atoms with Crippen molar-refractivity contribution in [3.63, 3.8) is 0 Å². The molecule has 2 nitrogen and oxygen atoms in total. The Balaban J connectivity index is 1.99. The Labute approximate surface area is 148 Å². The summed E-state index contributed by atoms with van der Waals surface area (Å²) >= 11 is 0. The highest BCUT2D eigenvalue weighted by Crippen LogP contribution is 2.13. The summed E-state index contributed by atoms with van der Waals surface area (Å²) in [6.07, 6.45) is 17.7. The lowest BCUT2D eigenvalue weighted by Gasteiger charge is -2.05. The summed E-state index contributed by atoms with van der Waals surface area (Å²) in [5.74, 6) is 1.46. The number of unbranched alkanes of at least 4 members (excludes halogenated alkanes) is 7. The number of para-hydroxylation sites is 1. The van der Waals surface area contributed by atoms with E-state index in [2.05, 4.69) is 65.7 Å². The minimum Gasteiger partial charge on any atom is -0.234 e. The van der Waals surface area contributed by atoms with Gasteiger partial charge in [0.05, 0.1) is 6.54 Å². The molecule has 2 rings (SSSR count). The number of aromatic nitrogens is 2. The average molecular weight is 328 g/mol. The minimum absolute atomic E-state index is 1.16. The van der Waals surface area contributed by atoms with Gasteiger partial charge < -0.3 is 0 Å². The first-order valence-corrected chi connectivity index (χ1v) is 10.0. The van der Waals surface area contributed by atoms with Gasteiger partial charge in [0.1, 0.15) is 18.1 Å². The van der Waals surface area contributed by atoms with Crippen LogP contribution in [0.5, 0.6) is 0 Å². The minimum atomic E-state index is 1.16. The molecule has 0 fully saturated rings. The topological polar surface area (TPSA) is 8.81 Å². The van der Waals surface area contributed by atoms with Crippen molar-refractivity contribution < 1.29 is 4.57 Å². The summed E-state index contributed by atoms with van der Waals surface area (Å²) < 4.78 is 4.87. The van der Waals surface area contributed by atoms with E-state index in [1.807, 2.05) is 0 Å². The van der Waals surface area contributed by atoms with E-state index in [4.69, 9.17) is 0 Å². The van der Waals surface area contributed by atoms with Crippen molar-refractivity contribution in [3.05, 3.63) is 48.5 Å². The standard InChI is InChI=1S/C22H35N2/c1-3-5-7-8-9-14-18-23-19-20-24(21-15-12-10-13-16-21)22(23)17-11-6-4-2/h10,12-13,15-16,19-20H,3-9,11,14,17-18H2,1-2H3/q+1. The molecule has 132 valence electrons. The Bertz CT molecular complexity index is 557. The summed E-state index contributed by atoms with van der Waals surface area (Å²) in [6, 6.07) is 10.8. The number of aryl methyl sites for hydroxylation is 1. The van der Waals surface area contributed by atoms with E-state index in [-0.39, 0.29) is 0 Å². The summed E-state index contributed by atoms with van der Waals surface area (Å²) in [7, 11) is 0. The van der Waals surface area contributed by atoms with Crippen LogP contribution >= 0.6 is 0 Å². The van der Waals surface area contributed by atoms with Crippen molar-refractivity contribution in [1.29, 1.82) is 0 Å². The third-order valence-corrected chi connectivity index (χ3v) is 4.80. The number of hydrogen-bond donors (Lipinski definition) is 0. The molecule has 2 heteroatoms. The second-order valence-corrected chi connectivity index (χ2v) is 6.84. The first-order chi connectivity index (χ1) is 11.9. The predicted octanol–water partition coefficient (Wildman–Crippen LogP) is 5.86. The van der Waals surface area contributed by atoms with E-state index in [9.17, 15) is 0 Å². The second-order valence-electron chi connectivity index (χ2n) is 6.84. The number of nitrogens with zero attached hydrogens (tertiary/aromatic N) is 2. The summed E-state index contributed by atoms with van der Waals surface area (Å²) in [5.41, 5.74) is 1.28. The normalized spacial score (nSPS) is 11.1. The van der Waals surface area contributed by atoms with Crippen molar-refractivity contribution in [2.75, 3.05) is 0 Å². The van der Waals surface area contributed by atoms with Crippen molar-refractivity contribution >= 4 is 0 Å². The highest BCUT2D eigenvalue weighted by molar-refractivity contribution is 5.31. The monoisotopic (exact) mass is 327 g/mol. The Morgan fingerprint density at radius 2 is 1.46 bits per heavy atom. The zero-order valence-corrected chi connectivity index (χ0v) is 15.7. The number of imidazole rings is 1. The molecule has 0 unspecified atom stereocenters. The van der Waals surface area contributed by atoms with Crippen LogP contribution in [0.4, 0.5) is 0 Å². The molecule has 1 aromatic heterocycles. The molecule has 0 saturated heterocycles. The molecule has 0 spiro atoms. The van der Waals surface area contributed by atoms with E-state index >= 15 is 0 Å². The Hall–Kier alpha value is -1.57.